The molecular weight excluding hydrogens is 208 g/mol. The summed E-state index contributed by atoms with van der Waals surface area (Å²) in [6.07, 6.45) is 8.33. The van der Waals surface area contributed by atoms with Crippen LogP contribution in [0.25, 0.3) is 0 Å². The van der Waals surface area contributed by atoms with Crippen molar-refractivity contribution in [1.82, 2.24) is 10.2 Å². The first-order valence-corrected chi connectivity index (χ1v) is 7.72. The van der Waals surface area contributed by atoms with E-state index in [0.29, 0.717) is 6.04 Å². The highest BCUT2D eigenvalue weighted by Crippen LogP contribution is 2.21. The van der Waals surface area contributed by atoms with Gasteiger partial charge in [-0.05, 0) is 58.2 Å². The van der Waals surface area contributed by atoms with Gasteiger partial charge in [-0.1, -0.05) is 26.7 Å². The predicted octanol–water partition coefficient (Wildman–Crippen LogP) is 3.28. The molecule has 0 spiro atoms. The third kappa shape index (κ3) is 6.42. The Balaban J connectivity index is 2.21. The van der Waals surface area contributed by atoms with Gasteiger partial charge < -0.3 is 10.2 Å². The summed E-state index contributed by atoms with van der Waals surface area (Å²) in [6.45, 7) is 11.9. The van der Waals surface area contributed by atoms with Crippen molar-refractivity contribution in [2.75, 3.05) is 26.2 Å². The van der Waals surface area contributed by atoms with Crippen LogP contribution in [0.15, 0.2) is 0 Å². The number of rotatable bonds is 7. The van der Waals surface area contributed by atoms with Crippen LogP contribution in [0.4, 0.5) is 0 Å². The molecule has 0 aromatic rings. The first-order chi connectivity index (χ1) is 8.26. The van der Waals surface area contributed by atoms with E-state index in [1.807, 2.05) is 0 Å². The molecule has 0 aromatic carbocycles. The van der Waals surface area contributed by atoms with Crippen molar-refractivity contribution in [3.05, 3.63) is 0 Å². The zero-order chi connectivity index (χ0) is 12.5. The van der Waals surface area contributed by atoms with Gasteiger partial charge in [-0.15, -0.1) is 0 Å². The molecular formula is C15H32N2. The molecule has 2 nitrogen and oxygen atoms in total. The fourth-order valence-electron chi connectivity index (χ4n) is 2.95. The molecule has 1 fully saturated rings. The van der Waals surface area contributed by atoms with E-state index in [1.165, 1.54) is 58.2 Å². The highest BCUT2D eigenvalue weighted by molar-refractivity contribution is 4.73. The van der Waals surface area contributed by atoms with E-state index in [0.717, 1.165) is 12.5 Å². The number of nitrogens with one attached hydrogen (secondary N) is 1. The summed E-state index contributed by atoms with van der Waals surface area (Å²) < 4.78 is 0. The van der Waals surface area contributed by atoms with Gasteiger partial charge in [0.2, 0.25) is 0 Å². The van der Waals surface area contributed by atoms with E-state index in [1.54, 1.807) is 0 Å². The Morgan fingerprint density at radius 2 is 2.00 bits per heavy atom. The molecule has 2 atom stereocenters. The molecule has 0 bridgehead atoms. The van der Waals surface area contributed by atoms with E-state index >= 15 is 0 Å². The summed E-state index contributed by atoms with van der Waals surface area (Å²) in [5.41, 5.74) is 0. The van der Waals surface area contributed by atoms with Crippen LogP contribution in [0, 0.1) is 5.92 Å². The Morgan fingerprint density at radius 3 is 2.71 bits per heavy atom. The fraction of sp³-hybridized carbons (Fsp3) is 1.00. The molecule has 0 radical (unpaired) electrons. The maximum atomic E-state index is 3.59. The Hall–Kier alpha value is -0.0800. The lowest BCUT2D eigenvalue weighted by atomic mass is 9.96. The number of likely N-dealkylation sites (tertiary alicyclic amines) is 1. The van der Waals surface area contributed by atoms with Gasteiger partial charge in [0.15, 0.2) is 0 Å². The van der Waals surface area contributed by atoms with Crippen LogP contribution in [-0.2, 0) is 0 Å². The van der Waals surface area contributed by atoms with Gasteiger partial charge in [0, 0.05) is 12.6 Å². The maximum absolute atomic E-state index is 3.59. The highest BCUT2D eigenvalue weighted by atomic mass is 15.1. The molecule has 1 aliphatic rings. The quantitative estimate of drug-likeness (QED) is 0.735. The van der Waals surface area contributed by atoms with Crippen molar-refractivity contribution in [2.45, 2.75) is 65.3 Å². The summed E-state index contributed by atoms with van der Waals surface area (Å²) in [6, 6.07) is 0.651. The lowest BCUT2D eigenvalue weighted by Gasteiger charge is -2.24. The average Bonchev–Trinajstić information content (AvgIpc) is 2.53. The van der Waals surface area contributed by atoms with Crippen molar-refractivity contribution in [3.63, 3.8) is 0 Å². The Morgan fingerprint density at radius 1 is 1.18 bits per heavy atom. The van der Waals surface area contributed by atoms with Gasteiger partial charge in [0.25, 0.3) is 0 Å². The van der Waals surface area contributed by atoms with Crippen LogP contribution in [0.3, 0.4) is 0 Å². The molecule has 1 N–H and O–H groups in total. The van der Waals surface area contributed by atoms with Crippen molar-refractivity contribution in [1.29, 1.82) is 0 Å². The average molecular weight is 240 g/mol. The van der Waals surface area contributed by atoms with Crippen LogP contribution in [-0.4, -0.2) is 37.1 Å². The summed E-state index contributed by atoms with van der Waals surface area (Å²) in [5, 5.41) is 3.59. The zero-order valence-electron chi connectivity index (χ0n) is 12.2. The standard InChI is InChI=1S/C15H32N2/c1-4-7-15-8-6-11-17(12-9-15)13-14(3)16-10-5-2/h14-16H,4-13H2,1-3H3. The van der Waals surface area contributed by atoms with E-state index < -0.39 is 0 Å². The largest absolute Gasteiger partial charge is 0.313 e. The zero-order valence-corrected chi connectivity index (χ0v) is 12.2. The Kier molecular flexibility index (Phi) is 7.87. The molecule has 0 saturated carbocycles. The highest BCUT2D eigenvalue weighted by Gasteiger charge is 2.17. The van der Waals surface area contributed by atoms with Gasteiger partial charge in [-0.25, -0.2) is 0 Å². The minimum Gasteiger partial charge on any atom is -0.313 e. The van der Waals surface area contributed by atoms with E-state index in [9.17, 15) is 0 Å². The van der Waals surface area contributed by atoms with Gasteiger partial charge in [-0.2, -0.15) is 0 Å². The number of hydrogen-bond donors (Lipinski definition) is 1. The Bertz CT molecular complexity index is 182. The van der Waals surface area contributed by atoms with Crippen molar-refractivity contribution < 1.29 is 0 Å². The molecule has 0 aliphatic carbocycles. The molecule has 1 aliphatic heterocycles. The summed E-state index contributed by atoms with van der Waals surface area (Å²) in [4.78, 5) is 2.67. The second kappa shape index (κ2) is 8.93. The van der Waals surface area contributed by atoms with Crippen LogP contribution in [0.1, 0.15) is 59.3 Å². The molecule has 17 heavy (non-hydrogen) atoms. The van der Waals surface area contributed by atoms with Crippen molar-refractivity contribution >= 4 is 0 Å². The van der Waals surface area contributed by atoms with E-state index in [-0.39, 0.29) is 0 Å². The maximum Gasteiger partial charge on any atom is 0.0166 e. The Labute approximate surface area is 108 Å². The van der Waals surface area contributed by atoms with Crippen LogP contribution < -0.4 is 5.32 Å². The number of nitrogens with zero attached hydrogens (tertiary/aromatic N) is 1. The third-order valence-corrected chi connectivity index (χ3v) is 3.91. The first kappa shape index (κ1) is 15.0. The van der Waals surface area contributed by atoms with E-state index in [2.05, 4.69) is 31.0 Å². The molecule has 1 saturated heterocycles. The van der Waals surface area contributed by atoms with Gasteiger partial charge in [0.1, 0.15) is 0 Å². The molecule has 2 unspecified atom stereocenters. The third-order valence-electron chi connectivity index (χ3n) is 3.91. The molecule has 1 heterocycles. The molecule has 0 aromatic heterocycles. The van der Waals surface area contributed by atoms with Crippen molar-refractivity contribution in [3.8, 4) is 0 Å². The lowest BCUT2D eigenvalue weighted by molar-refractivity contribution is 0.252. The van der Waals surface area contributed by atoms with Crippen LogP contribution in [0.5, 0.6) is 0 Å². The van der Waals surface area contributed by atoms with Crippen molar-refractivity contribution in [2.24, 2.45) is 5.92 Å². The predicted molar refractivity (Wildman–Crippen MR) is 76.4 cm³/mol. The van der Waals surface area contributed by atoms with Gasteiger partial charge in [0.05, 0.1) is 0 Å². The van der Waals surface area contributed by atoms with Gasteiger partial charge >= 0.3 is 0 Å². The molecule has 102 valence electrons. The monoisotopic (exact) mass is 240 g/mol. The number of hydrogen-bond acceptors (Lipinski definition) is 2. The minimum absolute atomic E-state index is 0.651. The SMILES string of the molecule is CCCNC(C)CN1CCCC(CCC)CC1. The lowest BCUT2D eigenvalue weighted by Crippen LogP contribution is -2.40. The summed E-state index contributed by atoms with van der Waals surface area (Å²) in [7, 11) is 0. The fourth-order valence-corrected chi connectivity index (χ4v) is 2.95. The molecule has 2 heteroatoms. The smallest absolute Gasteiger partial charge is 0.0166 e. The summed E-state index contributed by atoms with van der Waals surface area (Å²) >= 11 is 0. The second-order valence-corrected chi connectivity index (χ2v) is 5.74. The molecule has 1 rings (SSSR count). The van der Waals surface area contributed by atoms with Crippen LogP contribution in [0.2, 0.25) is 0 Å². The summed E-state index contributed by atoms with van der Waals surface area (Å²) in [5.74, 6) is 1.00. The molecule has 0 amide bonds. The second-order valence-electron chi connectivity index (χ2n) is 5.74. The van der Waals surface area contributed by atoms with Gasteiger partial charge in [-0.3, -0.25) is 0 Å². The topological polar surface area (TPSA) is 15.3 Å². The normalized spacial score (nSPS) is 24.5. The minimum atomic E-state index is 0.651. The van der Waals surface area contributed by atoms with E-state index in [4.69, 9.17) is 0 Å². The first-order valence-electron chi connectivity index (χ1n) is 7.72. The van der Waals surface area contributed by atoms with Crippen LogP contribution >= 0.6 is 0 Å².